The zero-order valence-electron chi connectivity index (χ0n) is 19.5. The normalized spacial score (nSPS) is 13.1. The van der Waals surface area contributed by atoms with Crippen molar-refractivity contribution in [3.8, 4) is 5.75 Å². The molecule has 0 spiro atoms. The quantitative estimate of drug-likeness (QED) is 0.266. The molecule has 0 aromatic heterocycles. The van der Waals surface area contributed by atoms with Crippen LogP contribution in [0.5, 0.6) is 5.75 Å². The number of esters is 1. The van der Waals surface area contributed by atoms with Crippen molar-refractivity contribution in [3.63, 3.8) is 0 Å². The van der Waals surface area contributed by atoms with Crippen molar-refractivity contribution in [3.05, 3.63) is 94.0 Å². The van der Waals surface area contributed by atoms with Gasteiger partial charge in [-0.2, -0.15) is 0 Å². The lowest BCUT2D eigenvalue weighted by Gasteiger charge is -2.25. The Morgan fingerprint density at radius 2 is 1.39 bits per heavy atom. The number of aryl methyl sites for hydroxylation is 1. The number of para-hydroxylation sites is 2. The summed E-state index contributed by atoms with van der Waals surface area (Å²) < 4.78 is 5.58. The Bertz CT molecular complexity index is 1250. The summed E-state index contributed by atoms with van der Waals surface area (Å²) in [5, 5.41) is 0. The van der Waals surface area contributed by atoms with Crippen molar-refractivity contribution >= 4 is 23.5 Å². The molecule has 0 atom stereocenters. The van der Waals surface area contributed by atoms with E-state index in [-0.39, 0.29) is 28.5 Å². The van der Waals surface area contributed by atoms with Gasteiger partial charge in [0.15, 0.2) is 0 Å². The van der Waals surface area contributed by atoms with Crippen LogP contribution in [-0.2, 0) is 0 Å². The molecular formula is C28H27NO4. The average Bonchev–Trinajstić information content (AvgIpc) is 3.04. The minimum absolute atomic E-state index is 0.0877. The van der Waals surface area contributed by atoms with Crippen LogP contribution in [0.2, 0.25) is 0 Å². The van der Waals surface area contributed by atoms with E-state index in [1.54, 1.807) is 24.3 Å². The van der Waals surface area contributed by atoms with Crippen molar-refractivity contribution < 1.29 is 19.1 Å². The Labute approximate surface area is 194 Å². The fourth-order valence-electron chi connectivity index (χ4n) is 4.25. The van der Waals surface area contributed by atoms with Gasteiger partial charge in [0, 0.05) is 0 Å². The third-order valence-corrected chi connectivity index (χ3v) is 6.00. The SMILES string of the molecule is Cc1ccccc1OC(=O)c1cccc2c1C(=O)N(c1c(C(C)C)cccc1C(C)C)C2=O. The van der Waals surface area contributed by atoms with E-state index in [1.165, 1.54) is 11.0 Å². The minimum Gasteiger partial charge on any atom is -0.423 e. The summed E-state index contributed by atoms with van der Waals surface area (Å²) in [7, 11) is 0. The van der Waals surface area contributed by atoms with Crippen LogP contribution < -0.4 is 9.64 Å². The van der Waals surface area contributed by atoms with Gasteiger partial charge in [-0.05, 0) is 53.6 Å². The number of imide groups is 1. The summed E-state index contributed by atoms with van der Waals surface area (Å²) in [6, 6.07) is 17.7. The van der Waals surface area contributed by atoms with E-state index in [4.69, 9.17) is 4.74 Å². The zero-order chi connectivity index (χ0) is 23.9. The molecule has 168 valence electrons. The van der Waals surface area contributed by atoms with Crippen LogP contribution >= 0.6 is 0 Å². The second-order valence-corrected chi connectivity index (χ2v) is 8.92. The second-order valence-electron chi connectivity index (χ2n) is 8.92. The third-order valence-electron chi connectivity index (χ3n) is 6.00. The number of hydrogen-bond acceptors (Lipinski definition) is 4. The molecule has 5 nitrogen and oxygen atoms in total. The number of nitrogens with zero attached hydrogens (tertiary/aromatic N) is 1. The Morgan fingerprint density at radius 3 is 2.00 bits per heavy atom. The highest BCUT2D eigenvalue weighted by atomic mass is 16.5. The lowest BCUT2D eigenvalue weighted by molar-refractivity contribution is 0.0728. The molecule has 0 radical (unpaired) electrons. The molecule has 5 heteroatoms. The van der Waals surface area contributed by atoms with Gasteiger partial charge in [0.05, 0.1) is 22.4 Å². The first kappa shape index (κ1) is 22.5. The van der Waals surface area contributed by atoms with Crippen LogP contribution in [0.4, 0.5) is 5.69 Å². The fraction of sp³-hybridized carbons (Fsp3) is 0.250. The molecule has 2 amide bonds. The van der Waals surface area contributed by atoms with Crippen molar-refractivity contribution in [2.24, 2.45) is 0 Å². The fourth-order valence-corrected chi connectivity index (χ4v) is 4.25. The van der Waals surface area contributed by atoms with Crippen LogP contribution in [0.3, 0.4) is 0 Å². The Balaban J connectivity index is 1.82. The van der Waals surface area contributed by atoms with Gasteiger partial charge in [0.1, 0.15) is 5.75 Å². The minimum atomic E-state index is -0.662. The van der Waals surface area contributed by atoms with Gasteiger partial charge >= 0.3 is 5.97 Å². The highest BCUT2D eigenvalue weighted by Crippen LogP contribution is 2.40. The first-order valence-electron chi connectivity index (χ1n) is 11.1. The van der Waals surface area contributed by atoms with E-state index in [2.05, 4.69) is 0 Å². The zero-order valence-corrected chi connectivity index (χ0v) is 19.5. The second kappa shape index (κ2) is 8.66. The Kier molecular flexibility index (Phi) is 5.90. The van der Waals surface area contributed by atoms with Gasteiger partial charge in [-0.15, -0.1) is 0 Å². The first-order valence-corrected chi connectivity index (χ1v) is 11.1. The molecule has 33 heavy (non-hydrogen) atoms. The Morgan fingerprint density at radius 1 is 0.788 bits per heavy atom. The molecule has 1 aliphatic heterocycles. The van der Waals surface area contributed by atoms with Crippen LogP contribution in [-0.4, -0.2) is 17.8 Å². The summed E-state index contributed by atoms with van der Waals surface area (Å²) in [5.41, 5.74) is 3.65. The number of amides is 2. The number of benzene rings is 3. The van der Waals surface area contributed by atoms with E-state index >= 15 is 0 Å². The molecule has 0 aliphatic carbocycles. The topological polar surface area (TPSA) is 63.7 Å². The number of rotatable bonds is 5. The highest BCUT2D eigenvalue weighted by Gasteiger charge is 2.42. The van der Waals surface area contributed by atoms with Gasteiger partial charge in [-0.1, -0.05) is 70.2 Å². The molecule has 0 unspecified atom stereocenters. The van der Waals surface area contributed by atoms with Crippen LogP contribution in [0.1, 0.15) is 87.3 Å². The number of fused-ring (bicyclic) bond motifs is 1. The van der Waals surface area contributed by atoms with Crippen molar-refractivity contribution in [1.29, 1.82) is 0 Å². The summed E-state index contributed by atoms with van der Waals surface area (Å²) in [6.45, 7) is 9.97. The largest absolute Gasteiger partial charge is 0.423 e. The molecule has 1 heterocycles. The van der Waals surface area contributed by atoms with Gasteiger partial charge in [-0.25, -0.2) is 9.69 Å². The average molecular weight is 442 g/mol. The number of carbonyl (C=O) groups excluding carboxylic acids is 3. The predicted molar refractivity (Wildman–Crippen MR) is 128 cm³/mol. The Hall–Kier alpha value is -3.73. The number of hydrogen-bond donors (Lipinski definition) is 0. The lowest BCUT2D eigenvalue weighted by atomic mass is 9.92. The maximum Gasteiger partial charge on any atom is 0.344 e. The maximum absolute atomic E-state index is 13.7. The van der Waals surface area contributed by atoms with Crippen molar-refractivity contribution in [2.75, 3.05) is 4.90 Å². The monoisotopic (exact) mass is 441 g/mol. The molecule has 4 rings (SSSR count). The third kappa shape index (κ3) is 3.84. The summed E-state index contributed by atoms with van der Waals surface area (Å²) >= 11 is 0. The van der Waals surface area contributed by atoms with E-state index in [0.717, 1.165) is 16.7 Å². The molecule has 0 saturated carbocycles. The molecule has 0 bridgehead atoms. The predicted octanol–water partition coefficient (Wildman–Crippen LogP) is 6.26. The van der Waals surface area contributed by atoms with E-state index in [0.29, 0.717) is 11.4 Å². The van der Waals surface area contributed by atoms with Crippen LogP contribution in [0, 0.1) is 6.92 Å². The molecule has 0 saturated heterocycles. The molecular weight excluding hydrogens is 414 g/mol. The van der Waals surface area contributed by atoms with Crippen LogP contribution in [0.25, 0.3) is 0 Å². The van der Waals surface area contributed by atoms with Gasteiger partial charge < -0.3 is 4.74 Å². The summed E-state index contributed by atoms with van der Waals surface area (Å²) in [4.78, 5) is 41.5. The van der Waals surface area contributed by atoms with Gasteiger partial charge in [0.25, 0.3) is 11.8 Å². The number of ether oxygens (including phenoxy) is 1. The smallest absolute Gasteiger partial charge is 0.344 e. The van der Waals surface area contributed by atoms with Crippen molar-refractivity contribution in [2.45, 2.75) is 46.5 Å². The molecule has 0 N–H and O–H groups in total. The number of carbonyl (C=O) groups is 3. The van der Waals surface area contributed by atoms with E-state index < -0.39 is 17.8 Å². The summed E-state index contributed by atoms with van der Waals surface area (Å²) in [5.74, 6) is -0.953. The molecule has 3 aromatic carbocycles. The van der Waals surface area contributed by atoms with Crippen LogP contribution in [0.15, 0.2) is 60.7 Å². The molecule has 1 aliphatic rings. The standard InChI is InChI=1S/C28H27NO4/c1-16(2)19-11-8-12-20(17(3)4)25(19)29-26(30)21-13-9-14-22(24(21)27(29)31)28(32)33-23-15-7-6-10-18(23)5/h6-17H,1-5H3. The summed E-state index contributed by atoms with van der Waals surface area (Å²) in [6.07, 6.45) is 0. The number of anilines is 1. The van der Waals surface area contributed by atoms with Gasteiger partial charge in [-0.3, -0.25) is 9.59 Å². The molecule has 3 aromatic rings. The lowest BCUT2D eigenvalue weighted by Crippen LogP contribution is -2.32. The maximum atomic E-state index is 13.7. The highest BCUT2D eigenvalue weighted by molar-refractivity contribution is 6.36. The van der Waals surface area contributed by atoms with Crippen molar-refractivity contribution in [1.82, 2.24) is 0 Å². The van der Waals surface area contributed by atoms with E-state index in [1.807, 2.05) is 65.0 Å². The van der Waals surface area contributed by atoms with E-state index in [9.17, 15) is 14.4 Å². The van der Waals surface area contributed by atoms with Gasteiger partial charge in [0.2, 0.25) is 0 Å². The first-order chi connectivity index (χ1) is 15.7. The molecule has 0 fully saturated rings.